The van der Waals surface area contributed by atoms with Crippen LogP contribution in [0.25, 0.3) is 0 Å². The highest BCUT2D eigenvalue weighted by molar-refractivity contribution is 5.99. The van der Waals surface area contributed by atoms with E-state index < -0.39 is 18.6 Å². The van der Waals surface area contributed by atoms with Crippen molar-refractivity contribution in [2.24, 2.45) is 5.10 Å². The molecule has 2 aromatic carbocycles. The van der Waals surface area contributed by atoms with E-state index in [4.69, 9.17) is 9.47 Å². The van der Waals surface area contributed by atoms with Crippen LogP contribution in [0, 0.1) is 0 Å². The zero-order chi connectivity index (χ0) is 18.5. The van der Waals surface area contributed by atoms with Crippen LogP contribution in [-0.4, -0.2) is 30.9 Å². The van der Waals surface area contributed by atoms with Crippen LogP contribution in [0.1, 0.15) is 12.5 Å². The lowest BCUT2D eigenvalue weighted by atomic mass is 10.1. The molecule has 1 aliphatic heterocycles. The lowest BCUT2D eigenvalue weighted by Crippen LogP contribution is -2.42. The number of hydrogen-bond acceptors (Lipinski definition) is 5. The Kier molecular flexibility index (Phi) is 5.31. The van der Waals surface area contributed by atoms with E-state index in [1.165, 1.54) is 12.1 Å². The first kappa shape index (κ1) is 17.7. The number of carbonyl (C=O) groups is 1. The van der Waals surface area contributed by atoms with Crippen molar-refractivity contribution >= 4 is 11.6 Å². The Bertz CT molecular complexity index is 809. The van der Waals surface area contributed by atoms with Gasteiger partial charge in [-0.15, -0.1) is 0 Å². The van der Waals surface area contributed by atoms with Gasteiger partial charge < -0.3 is 14.2 Å². The number of nitrogens with zero attached hydrogens (tertiary/aromatic N) is 1. The molecular weight excluding hydrogens is 346 g/mol. The summed E-state index contributed by atoms with van der Waals surface area (Å²) in [4.78, 5) is 12.2. The third-order valence-corrected chi connectivity index (χ3v) is 3.63. The van der Waals surface area contributed by atoms with Gasteiger partial charge in [-0.1, -0.05) is 12.1 Å². The number of ether oxygens (including phenoxy) is 3. The third kappa shape index (κ3) is 4.27. The van der Waals surface area contributed by atoms with Crippen LogP contribution >= 0.6 is 0 Å². The van der Waals surface area contributed by atoms with E-state index >= 15 is 0 Å². The van der Waals surface area contributed by atoms with Gasteiger partial charge in [0.2, 0.25) is 6.10 Å². The van der Waals surface area contributed by atoms with E-state index in [0.29, 0.717) is 22.8 Å². The molecule has 136 valence electrons. The molecule has 3 rings (SSSR count). The highest BCUT2D eigenvalue weighted by Crippen LogP contribution is 2.30. The second-order valence-electron chi connectivity index (χ2n) is 5.44. The number of carbonyl (C=O) groups excluding carboxylic acids is 1. The fourth-order valence-electron chi connectivity index (χ4n) is 2.30. The highest BCUT2D eigenvalue weighted by atomic mass is 19.3. The molecule has 26 heavy (non-hydrogen) atoms. The van der Waals surface area contributed by atoms with Crippen LogP contribution in [0.5, 0.6) is 17.2 Å². The largest absolute Gasteiger partial charge is 0.485 e. The smallest absolute Gasteiger partial charge is 0.387 e. The Labute approximate surface area is 148 Å². The fraction of sp³-hybridized carbons (Fsp3) is 0.222. The van der Waals surface area contributed by atoms with Crippen LogP contribution in [0.2, 0.25) is 0 Å². The Morgan fingerprint density at radius 1 is 1.19 bits per heavy atom. The minimum Gasteiger partial charge on any atom is -0.485 e. The molecule has 1 amide bonds. The SMILES string of the molecule is C/C(=N/NC(=O)[C@H]1COc2ccccc2O1)c1ccc(OC(F)F)cc1. The number of rotatable bonds is 5. The van der Waals surface area contributed by atoms with Crippen molar-refractivity contribution in [3.8, 4) is 17.2 Å². The van der Waals surface area contributed by atoms with E-state index in [1.807, 2.05) is 6.07 Å². The van der Waals surface area contributed by atoms with Gasteiger partial charge in [-0.3, -0.25) is 4.79 Å². The average molecular weight is 362 g/mol. The fourth-order valence-corrected chi connectivity index (χ4v) is 2.30. The predicted octanol–water partition coefficient (Wildman–Crippen LogP) is 2.97. The zero-order valence-electron chi connectivity index (χ0n) is 13.8. The van der Waals surface area contributed by atoms with Gasteiger partial charge >= 0.3 is 6.61 Å². The normalized spacial score (nSPS) is 16.3. The van der Waals surface area contributed by atoms with Crippen LogP contribution in [0.15, 0.2) is 53.6 Å². The maximum Gasteiger partial charge on any atom is 0.387 e. The van der Waals surface area contributed by atoms with Gasteiger partial charge in [-0.25, -0.2) is 5.43 Å². The Morgan fingerprint density at radius 3 is 2.58 bits per heavy atom. The molecule has 0 saturated carbocycles. The maximum atomic E-state index is 12.2. The number of alkyl halides is 2. The van der Waals surface area contributed by atoms with E-state index in [0.717, 1.165) is 0 Å². The number of hydrogen-bond donors (Lipinski definition) is 1. The zero-order valence-corrected chi connectivity index (χ0v) is 13.8. The summed E-state index contributed by atoms with van der Waals surface area (Å²) in [5.41, 5.74) is 3.57. The van der Waals surface area contributed by atoms with Crippen molar-refractivity contribution in [3.63, 3.8) is 0 Å². The highest BCUT2D eigenvalue weighted by Gasteiger charge is 2.27. The minimum atomic E-state index is -2.88. The molecule has 1 aliphatic rings. The van der Waals surface area contributed by atoms with Crippen molar-refractivity contribution in [2.75, 3.05) is 6.61 Å². The molecule has 0 aliphatic carbocycles. The molecular formula is C18H16F2N2O4. The molecule has 1 N–H and O–H groups in total. The molecule has 1 heterocycles. The van der Waals surface area contributed by atoms with E-state index in [1.54, 1.807) is 37.3 Å². The first-order valence-electron chi connectivity index (χ1n) is 7.81. The van der Waals surface area contributed by atoms with Crippen LogP contribution in [-0.2, 0) is 4.79 Å². The number of nitrogens with one attached hydrogen (secondary N) is 1. The first-order chi connectivity index (χ1) is 12.5. The molecule has 0 radical (unpaired) electrons. The molecule has 0 aromatic heterocycles. The lowest BCUT2D eigenvalue weighted by Gasteiger charge is -2.24. The van der Waals surface area contributed by atoms with E-state index in [9.17, 15) is 13.6 Å². The third-order valence-electron chi connectivity index (χ3n) is 3.63. The number of benzene rings is 2. The van der Waals surface area contributed by atoms with Crippen LogP contribution < -0.4 is 19.6 Å². The quantitative estimate of drug-likeness (QED) is 0.656. The molecule has 8 heteroatoms. The molecule has 0 bridgehead atoms. The van der Waals surface area contributed by atoms with Crippen molar-refractivity contribution in [3.05, 3.63) is 54.1 Å². The van der Waals surface area contributed by atoms with Crippen molar-refractivity contribution in [1.82, 2.24) is 5.43 Å². The molecule has 0 spiro atoms. The molecule has 2 aromatic rings. The second kappa shape index (κ2) is 7.81. The molecule has 0 saturated heterocycles. The summed E-state index contributed by atoms with van der Waals surface area (Å²) in [5, 5.41) is 4.01. The van der Waals surface area contributed by atoms with Crippen molar-refractivity contribution < 1.29 is 27.8 Å². The standard InChI is InChI=1S/C18H16F2N2O4/c1-11(12-6-8-13(9-7-12)25-18(19)20)21-22-17(23)16-10-24-14-4-2-3-5-15(14)26-16/h2-9,16,18H,10H2,1H3,(H,22,23)/b21-11-/t16-/m1/s1. The van der Waals surface area contributed by atoms with Crippen molar-refractivity contribution in [2.45, 2.75) is 19.6 Å². The summed E-state index contributed by atoms with van der Waals surface area (Å²) < 4.78 is 39.6. The second-order valence-corrected chi connectivity index (χ2v) is 5.44. The van der Waals surface area contributed by atoms with Crippen molar-refractivity contribution in [1.29, 1.82) is 0 Å². The van der Waals surface area contributed by atoms with E-state index in [2.05, 4.69) is 15.3 Å². The monoisotopic (exact) mass is 362 g/mol. The summed E-state index contributed by atoms with van der Waals surface area (Å²) in [6.07, 6.45) is -0.816. The number of para-hydroxylation sites is 2. The van der Waals surface area contributed by atoms with Gasteiger partial charge in [-0.05, 0) is 48.9 Å². The molecule has 0 fully saturated rings. The molecule has 0 unspecified atom stereocenters. The van der Waals surface area contributed by atoms with Gasteiger partial charge in [0, 0.05) is 0 Å². The predicted molar refractivity (Wildman–Crippen MR) is 89.8 cm³/mol. The molecule has 1 atom stereocenters. The average Bonchev–Trinajstić information content (AvgIpc) is 2.65. The summed E-state index contributed by atoms with van der Waals surface area (Å²) in [5.74, 6) is 0.681. The minimum absolute atomic E-state index is 0.0482. The van der Waals surface area contributed by atoms with Gasteiger partial charge in [0.15, 0.2) is 11.5 Å². The van der Waals surface area contributed by atoms with E-state index in [-0.39, 0.29) is 12.4 Å². The van der Waals surface area contributed by atoms with Gasteiger partial charge in [0.1, 0.15) is 12.4 Å². The molecule has 6 nitrogen and oxygen atoms in total. The van der Waals surface area contributed by atoms with Crippen LogP contribution in [0.4, 0.5) is 8.78 Å². The summed E-state index contributed by atoms with van der Waals surface area (Å²) in [6, 6.07) is 13.0. The van der Waals surface area contributed by atoms with Gasteiger partial charge in [-0.2, -0.15) is 13.9 Å². The Hall–Kier alpha value is -3.16. The lowest BCUT2D eigenvalue weighted by molar-refractivity contribution is -0.130. The topological polar surface area (TPSA) is 69.2 Å². The summed E-state index contributed by atoms with van der Waals surface area (Å²) in [6.45, 7) is -1.12. The number of halogens is 2. The number of hydrazone groups is 1. The van der Waals surface area contributed by atoms with Gasteiger partial charge in [0.25, 0.3) is 5.91 Å². The summed E-state index contributed by atoms with van der Waals surface area (Å²) in [7, 11) is 0. The maximum absolute atomic E-state index is 12.2. The van der Waals surface area contributed by atoms with Gasteiger partial charge in [0.05, 0.1) is 5.71 Å². The Balaban J connectivity index is 1.59. The Morgan fingerprint density at radius 2 is 1.88 bits per heavy atom. The first-order valence-corrected chi connectivity index (χ1v) is 7.81. The van der Waals surface area contributed by atoms with Crippen LogP contribution in [0.3, 0.4) is 0 Å². The number of amides is 1. The summed E-state index contributed by atoms with van der Waals surface area (Å²) >= 11 is 0. The number of fused-ring (bicyclic) bond motifs is 1.